The molecule has 5 nitrogen and oxygen atoms in total. The number of halogens is 3. The molecule has 0 unspecified atom stereocenters. The third kappa shape index (κ3) is 2.25. The smallest absolute Gasteiger partial charge is 0.279 e. The molecule has 2 aromatic heterocycles. The number of aryl methyl sites for hydroxylation is 1. The highest BCUT2D eigenvalue weighted by atomic mass is 35.5. The lowest BCUT2D eigenvalue weighted by atomic mass is 10.1. The molecule has 0 amide bonds. The Bertz CT molecular complexity index is 926. The Kier molecular flexibility index (Phi) is 3.13. The van der Waals surface area contributed by atoms with Crippen LogP contribution in [0.4, 0.5) is 8.78 Å². The molecule has 0 atom stereocenters. The van der Waals surface area contributed by atoms with Gasteiger partial charge >= 0.3 is 0 Å². The van der Waals surface area contributed by atoms with Gasteiger partial charge in [-0.05, 0) is 23.7 Å². The Morgan fingerprint density at radius 2 is 1.95 bits per heavy atom. The SMILES string of the molecule is Cn1cnc2c(-c3ccc(F)cc3F)nc(Cl)nc2c1=O. The van der Waals surface area contributed by atoms with Crippen LogP contribution < -0.4 is 5.56 Å². The van der Waals surface area contributed by atoms with E-state index in [1.807, 2.05) is 0 Å². The number of rotatable bonds is 1. The first-order valence-electron chi connectivity index (χ1n) is 5.81. The van der Waals surface area contributed by atoms with E-state index in [1.54, 1.807) is 0 Å². The van der Waals surface area contributed by atoms with Crippen molar-refractivity contribution in [3.8, 4) is 11.3 Å². The monoisotopic (exact) mass is 308 g/mol. The number of fused-ring (bicyclic) bond motifs is 1. The van der Waals surface area contributed by atoms with E-state index in [0.29, 0.717) is 0 Å². The van der Waals surface area contributed by atoms with Crippen LogP contribution in [0.3, 0.4) is 0 Å². The van der Waals surface area contributed by atoms with Crippen LogP contribution in [0.2, 0.25) is 5.28 Å². The summed E-state index contributed by atoms with van der Waals surface area (Å²) in [5, 5.41) is -0.216. The number of hydrogen-bond acceptors (Lipinski definition) is 4. The van der Waals surface area contributed by atoms with E-state index in [-0.39, 0.29) is 27.6 Å². The van der Waals surface area contributed by atoms with Gasteiger partial charge in [-0.3, -0.25) is 4.79 Å². The maximum absolute atomic E-state index is 13.9. The van der Waals surface area contributed by atoms with E-state index in [0.717, 1.165) is 12.1 Å². The van der Waals surface area contributed by atoms with E-state index in [9.17, 15) is 13.6 Å². The van der Waals surface area contributed by atoms with Crippen LogP contribution >= 0.6 is 11.6 Å². The van der Waals surface area contributed by atoms with Crippen molar-refractivity contribution in [3.05, 3.63) is 51.8 Å². The van der Waals surface area contributed by atoms with Crippen molar-refractivity contribution >= 4 is 22.6 Å². The highest BCUT2D eigenvalue weighted by Crippen LogP contribution is 2.27. The fraction of sp³-hybridized carbons (Fsp3) is 0.0769. The predicted octanol–water partition coefficient (Wildman–Crippen LogP) is 2.32. The summed E-state index contributed by atoms with van der Waals surface area (Å²) in [6, 6.07) is 3.02. The molecule has 106 valence electrons. The molecule has 0 fully saturated rings. The summed E-state index contributed by atoms with van der Waals surface area (Å²) in [4.78, 5) is 23.8. The molecule has 0 aliphatic rings. The van der Waals surface area contributed by atoms with E-state index in [1.165, 1.54) is 24.0 Å². The fourth-order valence-electron chi connectivity index (χ4n) is 1.93. The van der Waals surface area contributed by atoms with Crippen LogP contribution in [0.1, 0.15) is 0 Å². The molecule has 0 radical (unpaired) electrons. The van der Waals surface area contributed by atoms with Gasteiger partial charge < -0.3 is 4.57 Å². The van der Waals surface area contributed by atoms with E-state index in [2.05, 4.69) is 15.0 Å². The molecule has 0 saturated carbocycles. The molecule has 3 rings (SSSR count). The zero-order chi connectivity index (χ0) is 15.1. The standard InChI is InChI=1S/C13H7ClF2N4O/c1-20-5-17-10-9(7-3-2-6(15)4-8(7)16)18-13(14)19-11(10)12(20)21/h2-5H,1H3. The topological polar surface area (TPSA) is 60.7 Å². The molecule has 21 heavy (non-hydrogen) atoms. The predicted molar refractivity (Wildman–Crippen MR) is 72.9 cm³/mol. The van der Waals surface area contributed by atoms with Gasteiger partial charge in [-0.25, -0.2) is 23.7 Å². The third-order valence-corrected chi connectivity index (χ3v) is 3.09. The highest BCUT2D eigenvalue weighted by Gasteiger charge is 2.16. The number of benzene rings is 1. The number of aromatic nitrogens is 4. The van der Waals surface area contributed by atoms with Gasteiger partial charge in [-0.15, -0.1) is 0 Å². The molecule has 8 heteroatoms. The van der Waals surface area contributed by atoms with Crippen molar-refractivity contribution in [2.75, 3.05) is 0 Å². The van der Waals surface area contributed by atoms with Crippen LogP contribution in [-0.2, 0) is 7.05 Å². The van der Waals surface area contributed by atoms with Crippen LogP contribution in [0.5, 0.6) is 0 Å². The number of nitrogens with zero attached hydrogens (tertiary/aromatic N) is 4. The van der Waals surface area contributed by atoms with Gasteiger partial charge in [0.05, 0.1) is 6.33 Å². The molecule has 0 N–H and O–H groups in total. The molecular formula is C13H7ClF2N4O. The summed E-state index contributed by atoms with van der Waals surface area (Å²) in [7, 11) is 1.50. The maximum Gasteiger partial charge on any atom is 0.279 e. The van der Waals surface area contributed by atoms with Crippen molar-refractivity contribution in [1.82, 2.24) is 19.5 Å². The molecule has 3 aromatic rings. The molecule has 2 heterocycles. The van der Waals surface area contributed by atoms with Crippen LogP contribution in [-0.4, -0.2) is 19.5 Å². The highest BCUT2D eigenvalue weighted by molar-refractivity contribution is 6.28. The molecule has 1 aromatic carbocycles. The Hall–Kier alpha value is -2.41. The Morgan fingerprint density at radius 3 is 2.67 bits per heavy atom. The summed E-state index contributed by atoms with van der Waals surface area (Å²) >= 11 is 5.79. The lowest BCUT2D eigenvalue weighted by molar-refractivity contribution is 0.585. The fourth-order valence-corrected chi connectivity index (χ4v) is 2.10. The molecule has 0 aliphatic carbocycles. The minimum atomic E-state index is -0.825. The summed E-state index contributed by atoms with van der Waals surface area (Å²) in [6.07, 6.45) is 1.27. The van der Waals surface area contributed by atoms with Crippen molar-refractivity contribution < 1.29 is 8.78 Å². The van der Waals surface area contributed by atoms with Crippen LogP contribution in [0.25, 0.3) is 22.3 Å². The lowest BCUT2D eigenvalue weighted by Gasteiger charge is -2.07. The zero-order valence-corrected chi connectivity index (χ0v) is 11.4. The first-order chi connectivity index (χ1) is 9.97. The van der Waals surface area contributed by atoms with Gasteiger partial charge in [0.15, 0.2) is 5.52 Å². The Labute approximate surface area is 121 Å². The second kappa shape index (κ2) is 4.85. The molecule has 0 spiro atoms. The Morgan fingerprint density at radius 1 is 1.19 bits per heavy atom. The molecular weight excluding hydrogens is 302 g/mol. The van der Waals surface area contributed by atoms with Crippen LogP contribution in [0.15, 0.2) is 29.3 Å². The normalized spacial score (nSPS) is 11.0. The second-order valence-electron chi connectivity index (χ2n) is 4.32. The van der Waals surface area contributed by atoms with Gasteiger partial charge in [0.1, 0.15) is 22.8 Å². The molecule has 0 saturated heterocycles. The van der Waals surface area contributed by atoms with Gasteiger partial charge in [-0.1, -0.05) is 0 Å². The summed E-state index contributed by atoms with van der Waals surface area (Å²) in [6.45, 7) is 0. The van der Waals surface area contributed by atoms with E-state index >= 15 is 0 Å². The van der Waals surface area contributed by atoms with E-state index in [4.69, 9.17) is 11.6 Å². The quantitative estimate of drug-likeness (QED) is 0.647. The first kappa shape index (κ1) is 13.6. The Balaban J connectivity index is 2.42. The van der Waals surface area contributed by atoms with Gasteiger partial charge in [0.25, 0.3) is 5.56 Å². The summed E-state index contributed by atoms with van der Waals surface area (Å²) < 4.78 is 28.1. The summed E-state index contributed by atoms with van der Waals surface area (Å²) in [5.41, 5.74) is -0.327. The lowest BCUT2D eigenvalue weighted by Crippen LogP contribution is -2.19. The van der Waals surface area contributed by atoms with Crippen molar-refractivity contribution in [2.45, 2.75) is 0 Å². The van der Waals surface area contributed by atoms with E-state index < -0.39 is 17.2 Å². The van der Waals surface area contributed by atoms with Crippen molar-refractivity contribution in [1.29, 1.82) is 0 Å². The minimum absolute atomic E-state index is 0.00791. The average Bonchev–Trinajstić information content (AvgIpc) is 2.43. The minimum Gasteiger partial charge on any atom is -0.301 e. The van der Waals surface area contributed by atoms with Crippen molar-refractivity contribution in [2.24, 2.45) is 7.05 Å². The molecule has 0 aliphatic heterocycles. The van der Waals surface area contributed by atoms with Crippen LogP contribution in [0, 0.1) is 11.6 Å². The van der Waals surface area contributed by atoms with Gasteiger partial charge in [-0.2, -0.15) is 0 Å². The average molecular weight is 309 g/mol. The first-order valence-corrected chi connectivity index (χ1v) is 6.19. The van der Waals surface area contributed by atoms with Crippen molar-refractivity contribution in [3.63, 3.8) is 0 Å². The maximum atomic E-state index is 13.9. The van der Waals surface area contributed by atoms with Gasteiger partial charge in [0.2, 0.25) is 5.28 Å². The second-order valence-corrected chi connectivity index (χ2v) is 4.66. The van der Waals surface area contributed by atoms with Gasteiger partial charge in [0, 0.05) is 18.7 Å². The largest absolute Gasteiger partial charge is 0.301 e. The zero-order valence-electron chi connectivity index (χ0n) is 10.6. The summed E-state index contributed by atoms with van der Waals surface area (Å²) in [5.74, 6) is -1.54. The number of hydrogen-bond donors (Lipinski definition) is 0. The molecule has 0 bridgehead atoms. The third-order valence-electron chi connectivity index (χ3n) is 2.93.